The number of aromatic nitrogens is 12. The fourth-order valence-electron chi connectivity index (χ4n) is 22.6. The van der Waals surface area contributed by atoms with Gasteiger partial charge in [0.2, 0.25) is 17.8 Å². The highest BCUT2D eigenvalue weighted by Crippen LogP contribution is 2.51. The Balaban J connectivity index is 0.000000108. The zero-order valence-corrected chi connectivity index (χ0v) is 81.3. The van der Waals surface area contributed by atoms with Gasteiger partial charge < -0.3 is 13.7 Å². The molecule has 0 aliphatic rings. The molecule has 0 saturated carbocycles. The summed E-state index contributed by atoms with van der Waals surface area (Å²) in [6.07, 6.45) is 0. The van der Waals surface area contributed by atoms with E-state index in [-0.39, 0.29) is 0 Å². The average Bonchev–Trinajstić information content (AvgIpc) is 1.53. The topological polar surface area (TPSA) is 107 Å². The quantitative estimate of drug-likeness (QED) is 0.101. The van der Waals surface area contributed by atoms with Crippen LogP contribution in [0.15, 0.2) is 546 Å². The molecule has 0 N–H and O–H groups in total. The van der Waals surface area contributed by atoms with Gasteiger partial charge in [-0.3, -0.25) is 13.7 Å². The monoisotopic (exact) mass is 1910 g/mol. The SMILES string of the molecule is c1ccc(-c2cc(-c3ccccc3)nc(-n3c4ccccc4c4c(-c5ccccc5)cc5c(c6ccccc6n5-c5ccccc5)c43)n2)cc1.c1ccc(-c2cc(-c3ccccc3)nc(-n3c4ccccc4c4cc(-c5ccccc5)c5c(c6ccccc6n5-c5ccccc5)c43)n2)cc1.c1ccc(-c2ccc(-n3c4ccccc4c4c3ccc3c5ccccc5n(-c5nc(-c6ccccc6)cc(-c6ccccc6)n5)c34)cc2)cc1. The van der Waals surface area contributed by atoms with Gasteiger partial charge in [0, 0.05) is 121 Å². The van der Waals surface area contributed by atoms with Crippen LogP contribution >= 0.6 is 0 Å². The van der Waals surface area contributed by atoms with Gasteiger partial charge in [0.05, 0.1) is 100 Å². The van der Waals surface area contributed by atoms with Crippen LogP contribution in [0.2, 0.25) is 0 Å². The van der Waals surface area contributed by atoms with Gasteiger partial charge >= 0.3 is 0 Å². The zero-order valence-electron chi connectivity index (χ0n) is 81.3. The summed E-state index contributed by atoms with van der Waals surface area (Å²) in [7, 11) is 0. The number of para-hydroxylation sites is 8. The first-order valence-corrected chi connectivity index (χ1v) is 50.8. The largest absolute Gasteiger partial charge is 0.309 e. The summed E-state index contributed by atoms with van der Waals surface area (Å²) in [5, 5.41) is 14.1. The molecule has 0 aliphatic heterocycles. The third kappa shape index (κ3) is 15.1. The Morgan fingerprint density at radius 3 is 0.760 bits per heavy atom. The lowest BCUT2D eigenvalue weighted by Crippen LogP contribution is -2.04. The molecule has 12 heteroatoms. The molecular formula is C138H90N12. The predicted octanol–water partition coefficient (Wildman–Crippen LogP) is 35.0. The van der Waals surface area contributed by atoms with Crippen molar-refractivity contribution in [2.24, 2.45) is 0 Å². The molecule has 30 aromatic rings. The molecule has 702 valence electrons. The summed E-state index contributed by atoms with van der Waals surface area (Å²) in [6.45, 7) is 0. The lowest BCUT2D eigenvalue weighted by atomic mass is 9.97. The number of rotatable bonds is 15. The second-order valence-corrected chi connectivity index (χ2v) is 37.9. The van der Waals surface area contributed by atoms with Crippen molar-refractivity contribution in [3.8, 4) is 136 Å². The Morgan fingerprint density at radius 1 is 0.120 bits per heavy atom. The van der Waals surface area contributed by atoms with Gasteiger partial charge in [-0.25, -0.2) is 29.9 Å². The number of nitrogens with zero attached hydrogens (tertiary/aromatic N) is 12. The molecule has 0 atom stereocenters. The molecule has 0 aliphatic carbocycles. The molecule has 0 amide bonds. The first-order valence-electron chi connectivity index (χ1n) is 50.8. The first kappa shape index (κ1) is 87.5. The van der Waals surface area contributed by atoms with Crippen molar-refractivity contribution in [1.82, 2.24) is 57.3 Å². The summed E-state index contributed by atoms with van der Waals surface area (Å²) < 4.78 is 14.1. The van der Waals surface area contributed by atoms with Crippen LogP contribution in [0.5, 0.6) is 0 Å². The van der Waals surface area contributed by atoms with Crippen molar-refractivity contribution in [3.05, 3.63) is 546 Å². The van der Waals surface area contributed by atoms with Gasteiger partial charge in [0.25, 0.3) is 0 Å². The number of hydrogen-bond acceptors (Lipinski definition) is 6. The minimum Gasteiger partial charge on any atom is -0.309 e. The molecular weight excluding hydrogens is 1830 g/mol. The van der Waals surface area contributed by atoms with Crippen molar-refractivity contribution >= 4 is 131 Å². The van der Waals surface area contributed by atoms with E-state index in [0.29, 0.717) is 17.8 Å². The Bertz CT molecular complexity index is 10200. The summed E-state index contributed by atoms with van der Waals surface area (Å²) >= 11 is 0. The third-order valence-electron chi connectivity index (χ3n) is 29.2. The molecule has 0 saturated heterocycles. The van der Waals surface area contributed by atoms with E-state index >= 15 is 0 Å². The minimum atomic E-state index is 0.638. The Morgan fingerprint density at radius 2 is 0.373 bits per heavy atom. The van der Waals surface area contributed by atoms with Crippen LogP contribution in [0.3, 0.4) is 0 Å². The van der Waals surface area contributed by atoms with Gasteiger partial charge in [0.15, 0.2) is 0 Å². The van der Waals surface area contributed by atoms with E-state index in [1.54, 1.807) is 0 Å². The van der Waals surface area contributed by atoms with Gasteiger partial charge in [-0.2, -0.15) is 0 Å². The van der Waals surface area contributed by atoms with E-state index in [2.05, 4.69) is 537 Å². The van der Waals surface area contributed by atoms with Gasteiger partial charge in [-0.15, -0.1) is 0 Å². The maximum Gasteiger partial charge on any atom is 0.235 e. The van der Waals surface area contributed by atoms with E-state index < -0.39 is 0 Å². The van der Waals surface area contributed by atoms with Gasteiger partial charge in [-0.05, 0) is 137 Å². The normalized spacial score (nSPS) is 11.6. The van der Waals surface area contributed by atoms with Crippen molar-refractivity contribution in [2.45, 2.75) is 0 Å². The van der Waals surface area contributed by atoms with E-state index in [1.165, 1.54) is 76.3 Å². The first-order chi connectivity index (χ1) is 74.5. The van der Waals surface area contributed by atoms with Gasteiger partial charge in [-0.1, -0.05) is 437 Å². The van der Waals surface area contributed by atoms with E-state index in [9.17, 15) is 0 Å². The smallest absolute Gasteiger partial charge is 0.235 e. The van der Waals surface area contributed by atoms with Crippen LogP contribution in [-0.4, -0.2) is 57.3 Å². The summed E-state index contributed by atoms with van der Waals surface area (Å²) in [6, 6.07) is 192. The summed E-state index contributed by atoms with van der Waals surface area (Å²) in [5.41, 5.74) is 35.4. The average molecular weight is 1920 g/mol. The van der Waals surface area contributed by atoms with E-state index in [0.717, 1.165) is 173 Å². The molecule has 0 radical (unpaired) electrons. The Hall–Kier alpha value is -20.3. The molecule has 30 rings (SSSR count). The molecule has 0 spiro atoms. The molecule has 150 heavy (non-hydrogen) atoms. The predicted molar refractivity (Wildman–Crippen MR) is 621 cm³/mol. The standard InChI is InChI=1S/3C46H30N4/c1-5-17-31(18-6-1)37-29-42-44(36-26-14-15-27-40(36)49(42)34-23-11-4-12-24-34)45-43(37)35-25-13-16-28-41(35)50(45)46-47-38(32-19-7-2-8-20-32)30-39(48-46)33-21-9-3-10-22-33;1-5-17-31(18-6-1)37-29-38-35-25-13-15-27-41(35)50(45(38)43-36-26-14-16-28-42(36)49(44(37)43)34-23-11-4-12-24-34)46-47-39(32-19-7-2-8-20-32)30-40(48-46)33-21-9-3-10-22-33;1-4-14-31(15-5-1)32-24-26-35(27-25-32)49-42-23-13-11-21-38(42)44-43(49)29-28-37-36-20-10-12-22-41(36)50(45(37)44)46-47-39(33-16-6-2-7-17-33)30-40(48-46)34-18-8-3-9-19-34/h3*1-30H. The summed E-state index contributed by atoms with van der Waals surface area (Å²) in [5.74, 6) is 1.93. The van der Waals surface area contributed by atoms with Crippen LogP contribution in [0.1, 0.15) is 0 Å². The molecule has 12 nitrogen and oxygen atoms in total. The zero-order chi connectivity index (χ0) is 99.1. The highest BCUT2D eigenvalue weighted by Gasteiger charge is 2.31. The highest BCUT2D eigenvalue weighted by molar-refractivity contribution is 6.32. The molecule has 9 heterocycles. The van der Waals surface area contributed by atoms with Crippen LogP contribution in [0.25, 0.3) is 267 Å². The molecule has 9 aromatic heterocycles. The minimum absolute atomic E-state index is 0.638. The third-order valence-corrected chi connectivity index (χ3v) is 29.2. The fraction of sp³-hybridized carbons (Fsp3) is 0. The van der Waals surface area contributed by atoms with Gasteiger partial charge in [0.1, 0.15) is 0 Å². The lowest BCUT2D eigenvalue weighted by Gasteiger charge is -2.14. The second kappa shape index (κ2) is 37.1. The second-order valence-electron chi connectivity index (χ2n) is 37.9. The Labute approximate surface area is 863 Å². The molecule has 0 bridgehead atoms. The molecule has 21 aromatic carbocycles. The lowest BCUT2D eigenvalue weighted by molar-refractivity contribution is 0.998. The van der Waals surface area contributed by atoms with Crippen LogP contribution < -0.4 is 0 Å². The van der Waals surface area contributed by atoms with Crippen LogP contribution in [0.4, 0.5) is 0 Å². The van der Waals surface area contributed by atoms with Crippen LogP contribution in [0, 0.1) is 0 Å². The van der Waals surface area contributed by atoms with Crippen molar-refractivity contribution < 1.29 is 0 Å². The highest BCUT2D eigenvalue weighted by atomic mass is 15.2. The number of benzene rings is 21. The van der Waals surface area contributed by atoms with E-state index in [4.69, 9.17) is 29.9 Å². The number of hydrogen-bond donors (Lipinski definition) is 0. The van der Waals surface area contributed by atoms with Crippen molar-refractivity contribution in [3.63, 3.8) is 0 Å². The van der Waals surface area contributed by atoms with E-state index in [1.807, 2.05) is 36.4 Å². The van der Waals surface area contributed by atoms with Crippen LogP contribution in [-0.2, 0) is 0 Å². The number of fused-ring (bicyclic) bond motifs is 21. The van der Waals surface area contributed by atoms with Crippen molar-refractivity contribution in [1.29, 1.82) is 0 Å². The Kier molecular flexibility index (Phi) is 21.6. The maximum absolute atomic E-state index is 5.37. The molecule has 0 unspecified atom stereocenters. The molecule has 0 fully saturated rings. The maximum atomic E-state index is 5.37. The summed E-state index contributed by atoms with van der Waals surface area (Å²) in [4.78, 5) is 32.1. The fourth-order valence-corrected chi connectivity index (χ4v) is 22.6. The van der Waals surface area contributed by atoms with Crippen molar-refractivity contribution in [2.75, 3.05) is 0 Å².